The van der Waals surface area contributed by atoms with Crippen molar-refractivity contribution in [1.29, 1.82) is 0 Å². The molecule has 154 valence electrons. The van der Waals surface area contributed by atoms with Crippen molar-refractivity contribution in [3.8, 4) is 11.5 Å². The zero-order valence-corrected chi connectivity index (χ0v) is 17.5. The second-order valence-corrected chi connectivity index (χ2v) is 8.68. The fourth-order valence-corrected chi connectivity index (χ4v) is 4.29. The summed E-state index contributed by atoms with van der Waals surface area (Å²) in [6, 6.07) is 13.7. The van der Waals surface area contributed by atoms with Gasteiger partial charge in [0.25, 0.3) is 5.91 Å². The molecule has 29 heavy (non-hydrogen) atoms. The van der Waals surface area contributed by atoms with Gasteiger partial charge in [-0.2, -0.15) is 0 Å². The van der Waals surface area contributed by atoms with Crippen LogP contribution in [0.2, 0.25) is 0 Å². The number of fused-ring (bicyclic) bond motifs is 1. The van der Waals surface area contributed by atoms with E-state index >= 15 is 0 Å². The van der Waals surface area contributed by atoms with E-state index in [9.17, 15) is 4.79 Å². The van der Waals surface area contributed by atoms with Gasteiger partial charge in [0.2, 0.25) is 0 Å². The first-order valence-corrected chi connectivity index (χ1v) is 10.4. The summed E-state index contributed by atoms with van der Waals surface area (Å²) in [5, 5.41) is 3.21. The molecule has 5 nitrogen and oxygen atoms in total. The number of nitrogens with zero attached hydrogens (tertiary/aromatic N) is 1. The Balaban J connectivity index is 1.47. The van der Waals surface area contributed by atoms with Crippen LogP contribution in [0, 0.1) is 0 Å². The Kier molecular flexibility index (Phi) is 5.50. The molecule has 1 saturated heterocycles. The van der Waals surface area contributed by atoms with E-state index in [1.54, 1.807) is 7.11 Å². The molecule has 0 bridgehead atoms. The first kappa shape index (κ1) is 19.8. The number of ether oxygens (including phenoxy) is 2. The van der Waals surface area contributed by atoms with Crippen molar-refractivity contribution in [3.05, 3.63) is 59.2 Å². The average Bonchev–Trinajstić information content (AvgIpc) is 3.20. The van der Waals surface area contributed by atoms with Gasteiger partial charge in [-0.15, -0.1) is 0 Å². The van der Waals surface area contributed by atoms with E-state index in [1.807, 2.05) is 44.2 Å². The van der Waals surface area contributed by atoms with Crippen molar-refractivity contribution in [1.82, 2.24) is 10.2 Å². The topological polar surface area (TPSA) is 50.8 Å². The Hall–Kier alpha value is -2.53. The highest BCUT2D eigenvalue weighted by Gasteiger charge is 2.35. The summed E-state index contributed by atoms with van der Waals surface area (Å²) >= 11 is 0. The van der Waals surface area contributed by atoms with Gasteiger partial charge < -0.3 is 14.8 Å². The Morgan fingerprint density at radius 3 is 2.59 bits per heavy atom. The minimum atomic E-state index is -0.364. The molecular formula is C24H30N2O3. The van der Waals surface area contributed by atoms with E-state index in [-0.39, 0.29) is 17.6 Å². The van der Waals surface area contributed by atoms with Gasteiger partial charge in [0, 0.05) is 30.2 Å². The first-order chi connectivity index (χ1) is 13.9. The molecule has 0 aromatic heterocycles. The van der Waals surface area contributed by atoms with Crippen LogP contribution in [-0.2, 0) is 6.54 Å². The number of amides is 1. The monoisotopic (exact) mass is 394 g/mol. The molecule has 0 radical (unpaired) electrons. The number of hydrogen-bond acceptors (Lipinski definition) is 4. The first-order valence-electron chi connectivity index (χ1n) is 10.4. The van der Waals surface area contributed by atoms with Gasteiger partial charge in [-0.1, -0.05) is 12.1 Å². The smallest absolute Gasteiger partial charge is 0.251 e. The number of rotatable bonds is 5. The van der Waals surface area contributed by atoms with Crippen molar-refractivity contribution in [2.45, 2.75) is 51.3 Å². The molecule has 1 N–H and O–H groups in total. The quantitative estimate of drug-likeness (QED) is 0.820. The lowest BCUT2D eigenvalue weighted by atomic mass is 9.89. The maximum absolute atomic E-state index is 12.9. The van der Waals surface area contributed by atoms with E-state index in [4.69, 9.17) is 9.47 Å². The zero-order valence-electron chi connectivity index (χ0n) is 17.5. The summed E-state index contributed by atoms with van der Waals surface area (Å²) in [7, 11) is 1.64. The molecule has 1 amide bonds. The maximum Gasteiger partial charge on any atom is 0.251 e. The Morgan fingerprint density at radius 1 is 1.17 bits per heavy atom. The Labute approximate surface area is 173 Å². The van der Waals surface area contributed by atoms with Gasteiger partial charge in [0.15, 0.2) is 0 Å². The average molecular weight is 395 g/mol. The number of carbonyl (C=O) groups excluding carboxylic acids is 1. The van der Waals surface area contributed by atoms with Crippen LogP contribution < -0.4 is 14.8 Å². The van der Waals surface area contributed by atoms with Gasteiger partial charge in [0.05, 0.1) is 13.2 Å². The number of nitrogens with one attached hydrogen (secondary N) is 1. The molecular weight excluding hydrogens is 364 g/mol. The Bertz CT molecular complexity index is 870. The molecule has 4 rings (SSSR count). The van der Waals surface area contributed by atoms with Crippen LogP contribution in [0.5, 0.6) is 11.5 Å². The van der Waals surface area contributed by atoms with Gasteiger partial charge in [-0.25, -0.2) is 0 Å². The van der Waals surface area contributed by atoms with Gasteiger partial charge in [0.1, 0.15) is 17.1 Å². The molecule has 1 unspecified atom stereocenters. The van der Waals surface area contributed by atoms with Crippen molar-refractivity contribution >= 4 is 5.91 Å². The van der Waals surface area contributed by atoms with Gasteiger partial charge in [-0.05, 0) is 69.6 Å². The van der Waals surface area contributed by atoms with Crippen LogP contribution in [0.4, 0.5) is 0 Å². The Morgan fingerprint density at radius 2 is 1.90 bits per heavy atom. The standard InChI is InChI=1S/C24H30N2O3/c1-24(2)15-21(20-11-10-19(28-3)14-22(20)29-24)25-23(27)18-8-6-17(7-9-18)16-26-12-4-5-13-26/h6-11,14,21H,4-5,12-13,15-16H2,1-3H3,(H,25,27). The highest BCUT2D eigenvalue weighted by atomic mass is 16.5. The molecule has 2 aromatic rings. The second-order valence-electron chi connectivity index (χ2n) is 8.68. The lowest BCUT2D eigenvalue weighted by Crippen LogP contribution is -2.41. The molecule has 0 aliphatic carbocycles. The number of hydrogen-bond donors (Lipinski definition) is 1. The van der Waals surface area contributed by atoms with E-state index in [0.717, 1.165) is 23.6 Å². The van der Waals surface area contributed by atoms with Crippen LogP contribution in [0.25, 0.3) is 0 Å². The normalized spacial score (nSPS) is 20.6. The number of likely N-dealkylation sites (tertiary alicyclic amines) is 1. The number of carbonyl (C=O) groups is 1. The molecule has 0 spiro atoms. The summed E-state index contributed by atoms with van der Waals surface area (Å²) in [4.78, 5) is 15.4. The van der Waals surface area contributed by atoms with Crippen molar-refractivity contribution < 1.29 is 14.3 Å². The van der Waals surface area contributed by atoms with Crippen LogP contribution in [0.1, 0.15) is 60.6 Å². The van der Waals surface area contributed by atoms with E-state index in [0.29, 0.717) is 12.0 Å². The third kappa shape index (κ3) is 4.56. The van der Waals surface area contributed by atoms with Crippen LogP contribution >= 0.6 is 0 Å². The predicted molar refractivity (Wildman–Crippen MR) is 113 cm³/mol. The maximum atomic E-state index is 12.9. The lowest BCUT2D eigenvalue weighted by molar-refractivity contribution is 0.0617. The van der Waals surface area contributed by atoms with E-state index in [1.165, 1.54) is 31.5 Å². The van der Waals surface area contributed by atoms with Crippen molar-refractivity contribution in [2.24, 2.45) is 0 Å². The van der Waals surface area contributed by atoms with Crippen molar-refractivity contribution in [3.63, 3.8) is 0 Å². The molecule has 0 saturated carbocycles. The molecule has 2 aliphatic rings. The van der Waals surface area contributed by atoms with Gasteiger partial charge >= 0.3 is 0 Å². The van der Waals surface area contributed by atoms with E-state index < -0.39 is 0 Å². The lowest BCUT2D eigenvalue weighted by Gasteiger charge is -2.38. The van der Waals surface area contributed by atoms with Crippen molar-refractivity contribution in [2.75, 3.05) is 20.2 Å². The molecule has 5 heteroatoms. The minimum Gasteiger partial charge on any atom is -0.497 e. The molecule has 1 atom stereocenters. The summed E-state index contributed by atoms with van der Waals surface area (Å²) in [5.74, 6) is 1.47. The third-order valence-electron chi connectivity index (χ3n) is 5.80. The minimum absolute atomic E-state index is 0.0535. The fraction of sp³-hybridized carbons (Fsp3) is 0.458. The summed E-state index contributed by atoms with van der Waals surface area (Å²) in [6.45, 7) is 7.40. The summed E-state index contributed by atoms with van der Waals surface area (Å²) < 4.78 is 11.4. The predicted octanol–water partition coefficient (Wildman–Crippen LogP) is 4.32. The highest BCUT2D eigenvalue weighted by Crippen LogP contribution is 2.41. The number of methoxy groups -OCH3 is 1. The SMILES string of the molecule is COc1ccc2c(c1)OC(C)(C)CC2NC(=O)c1ccc(CN2CCCC2)cc1. The molecule has 2 aromatic carbocycles. The fourth-order valence-electron chi connectivity index (χ4n) is 4.29. The van der Waals surface area contributed by atoms with Gasteiger partial charge in [-0.3, -0.25) is 9.69 Å². The molecule has 2 heterocycles. The van der Waals surface area contributed by atoms with Crippen LogP contribution in [0.3, 0.4) is 0 Å². The van der Waals surface area contributed by atoms with Crippen LogP contribution in [0.15, 0.2) is 42.5 Å². The largest absolute Gasteiger partial charge is 0.497 e. The molecule has 1 fully saturated rings. The van der Waals surface area contributed by atoms with E-state index in [2.05, 4.69) is 22.3 Å². The zero-order chi connectivity index (χ0) is 20.4. The highest BCUT2D eigenvalue weighted by molar-refractivity contribution is 5.94. The summed E-state index contributed by atoms with van der Waals surface area (Å²) in [5.41, 5.74) is 2.57. The molecule has 2 aliphatic heterocycles. The van der Waals surface area contributed by atoms with Crippen LogP contribution in [-0.4, -0.2) is 36.6 Å². The summed E-state index contributed by atoms with van der Waals surface area (Å²) in [6.07, 6.45) is 3.29. The number of benzene rings is 2. The second kappa shape index (κ2) is 8.07. The third-order valence-corrected chi connectivity index (χ3v) is 5.80.